The van der Waals surface area contributed by atoms with Crippen LogP contribution in [0.5, 0.6) is 0 Å². The number of ether oxygens (including phenoxy) is 1. The quantitative estimate of drug-likeness (QED) is 0.764. The first-order valence-corrected chi connectivity index (χ1v) is 6.15. The van der Waals surface area contributed by atoms with E-state index in [4.69, 9.17) is 22.7 Å². The van der Waals surface area contributed by atoms with E-state index >= 15 is 0 Å². The highest BCUT2D eigenvalue weighted by molar-refractivity contribution is 7.80. The van der Waals surface area contributed by atoms with Gasteiger partial charge in [-0.15, -0.1) is 5.10 Å². The van der Waals surface area contributed by atoms with Gasteiger partial charge in [0.2, 0.25) is 0 Å². The molecule has 5 nitrogen and oxygen atoms in total. The molecule has 1 saturated heterocycles. The molecular formula is C11H16N4OS. The van der Waals surface area contributed by atoms with Crippen molar-refractivity contribution < 1.29 is 4.74 Å². The number of thiocarbonyl (C=S) groups is 1. The molecule has 0 saturated carbocycles. The Balaban J connectivity index is 1.87. The number of nitrogens with one attached hydrogen (secondary N) is 1. The van der Waals surface area contributed by atoms with Crippen LogP contribution in [0.4, 0.5) is 5.82 Å². The van der Waals surface area contributed by atoms with Gasteiger partial charge in [-0.1, -0.05) is 12.2 Å². The predicted molar refractivity (Wildman–Crippen MR) is 70.0 cm³/mol. The summed E-state index contributed by atoms with van der Waals surface area (Å²) < 4.78 is 5.54. The first-order valence-electron chi connectivity index (χ1n) is 5.74. The molecule has 3 N–H and O–H groups in total. The molecule has 1 aromatic heterocycles. The zero-order chi connectivity index (χ0) is 12.1. The molecule has 1 aromatic rings. The standard InChI is InChI=1S/C11H16N4OS/c12-10(17)9-4-6-14-15-11(9)13-5-3-8-2-1-7-16-8/h4,6,8H,1-3,5,7H2,(H2,12,17)(H,13,15). The fourth-order valence-electron chi connectivity index (χ4n) is 1.88. The van der Waals surface area contributed by atoms with Gasteiger partial charge in [-0.05, 0) is 25.3 Å². The molecule has 1 aliphatic rings. The van der Waals surface area contributed by atoms with Crippen molar-refractivity contribution in [2.75, 3.05) is 18.5 Å². The summed E-state index contributed by atoms with van der Waals surface area (Å²) in [6.07, 6.45) is 5.22. The SMILES string of the molecule is NC(=S)c1ccnnc1NCCC1CCCO1. The third-order valence-electron chi connectivity index (χ3n) is 2.77. The molecule has 0 aromatic carbocycles. The van der Waals surface area contributed by atoms with Gasteiger partial charge < -0.3 is 15.8 Å². The fourth-order valence-corrected chi connectivity index (χ4v) is 2.05. The maximum absolute atomic E-state index is 5.61. The van der Waals surface area contributed by atoms with Crippen LogP contribution in [0.3, 0.4) is 0 Å². The van der Waals surface area contributed by atoms with Gasteiger partial charge in [0.25, 0.3) is 0 Å². The summed E-state index contributed by atoms with van der Waals surface area (Å²) in [5, 5.41) is 11.0. The normalized spacial score (nSPS) is 19.2. The van der Waals surface area contributed by atoms with Gasteiger partial charge in [-0.25, -0.2) is 0 Å². The van der Waals surface area contributed by atoms with Crippen LogP contribution in [0.2, 0.25) is 0 Å². The largest absolute Gasteiger partial charge is 0.389 e. The third-order valence-corrected chi connectivity index (χ3v) is 2.99. The van der Waals surface area contributed by atoms with E-state index in [0.717, 1.165) is 38.0 Å². The Labute approximate surface area is 106 Å². The Morgan fingerprint density at radius 2 is 2.53 bits per heavy atom. The maximum atomic E-state index is 5.61. The van der Waals surface area contributed by atoms with Gasteiger partial charge >= 0.3 is 0 Å². The summed E-state index contributed by atoms with van der Waals surface area (Å²) in [6, 6.07) is 1.77. The summed E-state index contributed by atoms with van der Waals surface area (Å²) in [7, 11) is 0. The molecule has 6 heteroatoms. The molecule has 1 unspecified atom stereocenters. The molecule has 0 amide bonds. The summed E-state index contributed by atoms with van der Waals surface area (Å²) >= 11 is 4.95. The van der Waals surface area contributed by atoms with E-state index in [1.54, 1.807) is 12.3 Å². The number of hydrogen-bond donors (Lipinski definition) is 2. The van der Waals surface area contributed by atoms with E-state index in [0.29, 0.717) is 16.9 Å². The lowest BCUT2D eigenvalue weighted by molar-refractivity contribution is 0.107. The molecule has 0 radical (unpaired) electrons. The second-order valence-electron chi connectivity index (χ2n) is 4.01. The van der Waals surface area contributed by atoms with Crippen molar-refractivity contribution in [3.63, 3.8) is 0 Å². The van der Waals surface area contributed by atoms with E-state index in [1.807, 2.05) is 0 Å². The second-order valence-corrected chi connectivity index (χ2v) is 4.45. The smallest absolute Gasteiger partial charge is 0.158 e. The lowest BCUT2D eigenvalue weighted by Crippen LogP contribution is -2.17. The zero-order valence-electron chi connectivity index (χ0n) is 9.56. The first-order chi connectivity index (χ1) is 8.27. The molecule has 0 spiro atoms. The van der Waals surface area contributed by atoms with Gasteiger partial charge in [0.1, 0.15) is 4.99 Å². The Morgan fingerprint density at radius 1 is 1.65 bits per heavy atom. The number of anilines is 1. The van der Waals surface area contributed by atoms with E-state index in [-0.39, 0.29) is 0 Å². The van der Waals surface area contributed by atoms with Crippen LogP contribution in [0.1, 0.15) is 24.8 Å². The lowest BCUT2D eigenvalue weighted by atomic mass is 10.2. The second kappa shape index (κ2) is 5.88. The molecule has 1 fully saturated rings. The summed E-state index contributed by atoms with van der Waals surface area (Å²) in [6.45, 7) is 1.67. The number of rotatable bonds is 5. The van der Waals surface area contributed by atoms with E-state index in [1.165, 1.54) is 0 Å². The fraction of sp³-hybridized carbons (Fsp3) is 0.545. The Hall–Kier alpha value is -1.27. The van der Waals surface area contributed by atoms with Crippen molar-refractivity contribution >= 4 is 23.0 Å². The van der Waals surface area contributed by atoms with Crippen LogP contribution in [-0.2, 0) is 4.74 Å². The highest BCUT2D eigenvalue weighted by Crippen LogP contribution is 2.16. The van der Waals surface area contributed by atoms with Crippen molar-refractivity contribution in [3.8, 4) is 0 Å². The Kier molecular flexibility index (Phi) is 4.22. The molecule has 0 aliphatic carbocycles. The van der Waals surface area contributed by atoms with E-state index in [9.17, 15) is 0 Å². The first kappa shape index (κ1) is 12.2. The molecule has 0 bridgehead atoms. The Morgan fingerprint density at radius 3 is 3.24 bits per heavy atom. The van der Waals surface area contributed by atoms with Gasteiger partial charge in [-0.3, -0.25) is 0 Å². The summed E-state index contributed by atoms with van der Waals surface area (Å²) in [5.74, 6) is 0.651. The minimum atomic E-state index is 0.333. The number of nitrogens with two attached hydrogens (primary N) is 1. The minimum absolute atomic E-state index is 0.333. The number of aromatic nitrogens is 2. The zero-order valence-corrected chi connectivity index (χ0v) is 10.4. The molecule has 2 rings (SSSR count). The molecule has 2 heterocycles. The van der Waals surface area contributed by atoms with E-state index in [2.05, 4.69) is 15.5 Å². The topological polar surface area (TPSA) is 73.1 Å². The monoisotopic (exact) mass is 252 g/mol. The number of hydrogen-bond acceptors (Lipinski definition) is 5. The maximum Gasteiger partial charge on any atom is 0.158 e. The predicted octanol–water partition coefficient (Wildman–Crippen LogP) is 1.09. The minimum Gasteiger partial charge on any atom is -0.389 e. The number of nitrogens with zero attached hydrogens (tertiary/aromatic N) is 2. The molecule has 1 atom stereocenters. The van der Waals surface area contributed by atoms with E-state index < -0.39 is 0 Å². The van der Waals surface area contributed by atoms with Crippen LogP contribution in [0.25, 0.3) is 0 Å². The van der Waals surface area contributed by atoms with Crippen molar-refractivity contribution in [1.29, 1.82) is 0 Å². The van der Waals surface area contributed by atoms with Gasteiger partial charge in [-0.2, -0.15) is 5.10 Å². The average Bonchev–Trinajstić information content (AvgIpc) is 2.82. The van der Waals surface area contributed by atoms with Crippen LogP contribution in [-0.4, -0.2) is 34.4 Å². The third kappa shape index (κ3) is 3.34. The van der Waals surface area contributed by atoms with Crippen molar-refractivity contribution in [1.82, 2.24) is 10.2 Å². The van der Waals surface area contributed by atoms with Gasteiger partial charge in [0.05, 0.1) is 17.9 Å². The summed E-state index contributed by atoms with van der Waals surface area (Å²) in [4.78, 5) is 0.333. The average molecular weight is 252 g/mol. The molecular weight excluding hydrogens is 236 g/mol. The highest BCUT2D eigenvalue weighted by Gasteiger charge is 2.15. The molecule has 17 heavy (non-hydrogen) atoms. The van der Waals surface area contributed by atoms with Crippen molar-refractivity contribution in [2.45, 2.75) is 25.4 Å². The van der Waals surface area contributed by atoms with Crippen molar-refractivity contribution in [2.24, 2.45) is 5.73 Å². The molecule has 92 valence electrons. The van der Waals surface area contributed by atoms with Gasteiger partial charge in [0.15, 0.2) is 5.82 Å². The van der Waals surface area contributed by atoms with Crippen molar-refractivity contribution in [3.05, 3.63) is 17.8 Å². The Bertz CT molecular complexity index is 393. The molecule has 1 aliphatic heterocycles. The van der Waals surface area contributed by atoms with Crippen LogP contribution < -0.4 is 11.1 Å². The lowest BCUT2D eigenvalue weighted by Gasteiger charge is -2.11. The van der Waals surface area contributed by atoms with Crippen LogP contribution in [0.15, 0.2) is 12.3 Å². The highest BCUT2D eigenvalue weighted by atomic mass is 32.1. The van der Waals surface area contributed by atoms with Crippen LogP contribution in [0, 0.1) is 0 Å². The summed E-state index contributed by atoms with van der Waals surface area (Å²) in [5.41, 5.74) is 6.35. The van der Waals surface area contributed by atoms with Gasteiger partial charge in [0, 0.05) is 13.2 Å². The van der Waals surface area contributed by atoms with Crippen LogP contribution >= 0.6 is 12.2 Å².